The molecule has 1 aromatic rings. The van der Waals surface area contributed by atoms with E-state index in [1.54, 1.807) is 6.08 Å². The van der Waals surface area contributed by atoms with Crippen LogP contribution in [0.15, 0.2) is 40.3 Å². The molecule has 0 saturated heterocycles. The molecule has 0 amide bonds. The fourth-order valence-corrected chi connectivity index (χ4v) is 1.61. The number of nitrogen functional groups attached to an aromatic ring is 1. The second-order valence-corrected chi connectivity index (χ2v) is 4.61. The first kappa shape index (κ1) is 14.2. The molecule has 7 heteroatoms. The molecule has 0 spiro atoms. The Morgan fingerprint density at radius 2 is 1.94 bits per heavy atom. The molecule has 1 heterocycles. The SMILES string of the molecule is NN1CNC(=S)C=C1S.Nc1ccccc1S. The highest BCUT2D eigenvalue weighted by Crippen LogP contribution is 2.13. The topological polar surface area (TPSA) is 67.3 Å². The van der Waals surface area contributed by atoms with Crippen molar-refractivity contribution in [1.29, 1.82) is 0 Å². The van der Waals surface area contributed by atoms with E-state index in [1.807, 2.05) is 24.3 Å². The van der Waals surface area contributed by atoms with E-state index in [4.69, 9.17) is 23.8 Å². The van der Waals surface area contributed by atoms with Gasteiger partial charge in [0.2, 0.25) is 0 Å². The molecule has 0 fully saturated rings. The van der Waals surface area contributed by atoms with E-state index >= 15 is 0 Å². The first-order chi connectivity index (χ1) is 8.00. The highest BCUT2D eigenvalue weighted by atomic mass is 32.1. The molecule has 1 aliphatic rings. The van der Waals surface area contributed by atoms with Crippen molar-refractivity contribution in [3.63, 3.8) is 0 Å². The molecule has 92 valence electrons. The van der Waals surface area contributed by atoms with Gasteiger partial charge in [-0.1, -0.05) is 24.4 Å². The Labute approximate surface area is 117 Å². The van der Waals surface area contributed by atoms with E-state index in [0.29, 0.717) is 16.7 Å². The summed E-state index contributed by atoms with van der Waals surface area (Å²) in [6.45, 7) is 0.536. The van der Waals surface area contributed by atoms with Crippen molar-refractivity contribution < 1.29 is 0 Å². The maximum absolute atomic E-state index is 5.44. The van der Waals surface area contributed by atoms with Crippen molar-refractivity contribution in [2.75, 3.05) is 12.4 Å². The van der Waals surface area contributed by atoms with Gasteiger partial charge in [-0.05, 0) is 12.1 Å². The van der Waals surface area contributed by atoms with Gasteiger partial charge in [-0.15, -0.1) is 25.3 Å². The molecule has 5 N–H and O–H groups in total. The Kier molecular flexibility index (Phi) is 5.63. The summed E-state index contributed by atoms with van der Waals surface area (Å²) >= 11 is 12.9. The molecule has 0 bridgehead atoms. The van der Waals surface area contributed by atoms with E-state index in [9.17, 15) is 0 Å². The van der Waals surface area contributed by atoms with Crippen LogP contribution in [0.1, 0.15) is 0 Å². The van der Waals surface area contributed by atoms with E-state index < -0.39 is 0 Å². The van der Waals surface area contributed by atoms with Gasteiger partial charge in [0.25, 0.3) is 0 Å². The maximum atomic E-state index is 5.44. The van der Waals surface area contributed by atoms with Gasteiger partial charge >= 0.3 is 0 Å². The molecule has 0 atom stereocenters. The van der Waals surface area contributed by atoms with E-state index in [1.165, 1.54) is 5.01 Å². The summed E-state index contributed by atoms with van der Waals surface area (Å²) < 4.78 is 0. The van der Waals surface area contributed by atoms with E-state index in [-0.39, 0.29) is 0 Å². The van der Waals surface area contributed by atoms with Gasteiger partial charge in [0.05, 0.1) is 5.03 Å². The van der Waals surface area contributed by atoms with Gasteiger partial charge in [-0.3, -0.25) is 5.01 Å². The van der Waals surface area contributed by atoms with Crippen LogP contribution in [-0.2, 0) is 0 Å². The van der Waals surface area contributed by atoms with Gasteiger partial charge in [0.1, 0.15) is 11.7 Å². The zero-order valence-electron chi connectivity index (χ0n) is 9.00. The van der Waals surface area contributed by atoms with Gasteiger partial charge in [-0.25, -0.2) is 5.84 Å². The lowest BCUT2D eigenvalue weighted by molar-refractivity contribution is 0.371. The van der Waals surface area contributed by atoms with Crippen molar-refractivity contribution in [2.45, 2.75) is 4.90 Å². The molecule has 1 aromatic carbocycles. The monoisotopic (exact) mass is 286 g/mol. The number of benzene rings is 1. The minimum Gasteiger partial charge on any atom is -0.398 e. The average molecular weight is 286 g/mol. The minimum absolute atomic E-state index is 0.536. The predicted octanol–water partition coefficient (Wildman–Crippen LogP) is 1.38. The minimum atomic E-state index is 0.536. The Morgan fingerprint density at radius 3 is 2.35 bits per heavy atom. The number of rotatable bonds is 0. The molecular formula is C10H14N4S3. The summed E-state index contributed by atoms with van der Waals surface area (Å²) in [6.07, 6.45) is 1.70. The number of thiol groups is 2. The zero-order valence-corrected chi connectivity index (χ0v) is 11.6. The van der Waals surface area contributed by atoms with Gasteiger partial charge < -0.3 is 11.1 Å². The first-order valence-corrected chi connectivity index (χ1v) is 6.05. The largest absolute Gasteiger partial charge is 0.398 e. The summed E-state index contributed by atoms with van der Waals surface area (Å²) in [7, 11) is 0. The number of nitrogens with two attached hydrogens (primary N) is 2. The van der Waals surface area contributed by atoms with Crippen LogP contribution < -0.4 is 16.9 Å². The van der Waals surface area contributed by atoms with Crippen LogP contribution in [0.5, 0.6) is 0 Å². The lowest BCUT2D eigenvalue weighted by Crippen LogP contribution is -2.43. The highest BCUT2D eigenvalue weighted by Gasteiger charge is 2.06. The Hall–Kier alpha value is -0.890. The molecule has 17 heavy (non-hydrogen) atoms. The number of nitrogens with zero attached hydrogens (tertiary/aromatic N) is 1. The zero-order chi connectivity index (χ0) is 12.8. The van der Waals surface area contributed by atoms with Gasteiger partial charge in [-0.2, -0.15) is 0 Å². The quantitative estimate of drug-likeness (QED) is 0.216. The van der Waals surface area contributed by atoms with Crippen molar-refractivity contribution in [2.24, 2.45) is 5.84 Å². The predicted molar refractivity (Wildman–Crippen MR) is 81.8 cm³/mol. The summed E-state index contributed by atoms with van der Waals surface area (Å²) in [5.74, 6) is 5.41. The highest BCUT2D eigenvalue weighted by molar-refractivity contribution is 7.84. The lowest BCUT2D eigenvalue weighted by Gasteiger charge is -2.23. The second kappa shape index (κ2) is 6.75. The Balaban J connectivity index is 0.000000171. The molecule has 0 radical (unpaired) electrons. The molecule has 1 aliphatic heterocycles. The van der Waals surface area contributed by atoms with Crippen molar-refractivity contribution >= 4 is 48.2 Å². The van der Waals surface area contributed by atoms with Crippen molar-refractivity contribution in [3.05, 3.63) is 35.4 Å². The van der Waals surface area contributed by atoms with Crippen LogP contribution in [0.3, 0.4) is 0 Å². The number of anilines is 1. The molecule has 0 aromatic heterocycles. The summed E-state index contributed by atoms with van der Waals surface area (Å²) in [4.78, 5) is 1.52. The van der Waals surface area contributed by atoms with Crippen LogP contribution in [0.2, 0.25) is 0 Å². The smallest absolute Gasteiger partial charge is 0.104 e. The van der Waals surface area contributed by atoms with Crippen LogP contribution in [-0.4, -0.2) is 16.7 Å². The number of hydrogen-bond donors (Lipinski definition) is 5. The molecule has 0 aliphatic carbocycles. The Morgan fingerprint density at radius 1 is 1.29 bits per heavy atom. The number of para-hydroxylation sites is 1. The molecule has 2 rings (SSSR count). The Bertz CT molecular complexity index is 412. The van der Waals surface area contributed by atoms with Crippen LogP contribution in [0.4, 0.5) is 5.69 Å². The number of hydrazine groups is 1. The standard InChI is InChI=1S/C6H7NS.C4H7N3S2/c7-5-3-1-2-4-6(5)8;5-7-2-6-3(8)1-4(7)9/h1-4,8H,7H2;1,9H,2,5H2,(H,6,8). The first-order valence-electron chi connectivity index (χ1n) is 4.75. The third-order valence-electron chi connectivity index (χ3n) is 1.91. The van der Waals surface area contributed by atoms with Crippen molar-refractivity contribution in [3.8, 4) is 0 Å². The summed E-state index contributed by atoms with van der Waals surface area (Å²) in [6, 6.07) is 7.47. The third kappa shape index (κ3) is 4.86. The average Bonchev–Trinajstić information content (AvgIpc) is 2.29. The van der Waals surface area contributed by atoms with Crippen LogP contribution >= 0.6 is 37.5 Å². The molecule has 4 nitrogen and oxygen atoms in total. The third-order valence-corrected chi connectivity index (χ3v) is 2.97. The second-order valence-electron chi connectivity index (χ2n) is 3.23. The molecular weight excluding hydrogens is 272 g/mol. The number of hydrogen-bond acceptors (Lipinski definition) is 6. The van der Waals surface area contributed by atoms with Gasteiger partial charge in [0.15, 0.2) is 0 Å². The van der Waals surface area contributed by atoms with Gasteiger partial charge in [0, 0.05) is 16.7 Å². The fraction of sp³-hybridized carbons (Fsp3) is 0.100. The molecule has 0 saturated carbocycles. The van der Waals surface area contributed by atoms with Crippen LogP contribution in [0, 0.1) is 0 Å². The lowest BCUT2D eigenvalue weighted by atomic mass is 10.3. The van der Waals surface area contributed by atoms with Crippen molar-refractivity contribution in [1.82, 2.24) is 10.3 Å². The van der Waals surface area contributed by atoms with Crippen LogP contribution in [0.25, 0.3) is 0 Å². The van der Waals surface area contributed by atoms with E-state index in [0.717, 1.165) is 10.6 Å². The fourth-order valence-electron chi connectivity index (χ4n) is 0.983. The maximum Gasteiger partial charge on any atom is 0.104 e. The summed E-state index contributed by atoms with van der Waals surface area (Å²) in [5, 5.41) is 5.03. The summed E-state index contributed by atoms with van der Waals surface area (Å²) in [5.41, 5.74) is 6.18. The molecule has 0 unspecified atom stereocenters. The van der Waals surface area contributed by atoms with E-state index in [2.05, 4.69) is 30.6 Å². The number of thiocarbonyl (C=S) groups is 1. The number of nitrogens with one attached hydrogen (secondary N) is 1. The normalized spacial score (nSPS) is 14.4.